The first-order valence-electron chi connectivity index (χ1n) is 7.16. The fraction of sp³-hybridized carbons (Fsp3) is 0.625. The highest BCUT2D eigenvalue weighted by molar-refractivity contribution is 5.29. The fourth-order valence-electron chi connectivity index (χ4n) is 2.84. The van der Waals surface area contributed by atoms with Gasteiger partial charge in [-0.05, 0) is 36.5 Å². The van der Waals surface area contributed by atoms with E-state index in [0.29, 0.717) is 6.04 Å². The van der Waals surface area contributed by atoms with Crippen LogP contribution in [0.2, 0.25) is 0 Å². The van der Waals surface area contributed by atoms with Gasteiger partial charge in [-0.2, -0.15) is 0 Å². The number of nitrogens with zero attached hydrogens (tertiary/aromatic N) is 1. The molecule has 0 bridgehead atoms. The largest absolute Gasteiger partial charge is 0.497 e. The molecule has 1 saturated heterocycles. The summed E-state index contributed by atoms with van der Waals surface area (Å²) in [6.45, 7) is 9.21. The lowest BCUT2D eigenvalue weighted by Gasteiger charge is -2.30. The third kappa shape index (κ3) is 3.10. The number of ether oxygens (including phenoxy) is 1. The summed E-state index contributed by atoms with van der Waals surface area (Å²) in [5, 5.41) is 0. The van der Waals surface area contributed by atoms with Gasteiger partial charge in [0.25, 0.3) is 0 Å². The van der Waals surface area contributed by atoms with Crippen molar-refractivity contribution < 1.29 is 4.74 Å². The van der Waals surface area contributed by atoms with E-state index in [1.165, 1.54) is 5.56 Å². The molecule has 19 heavy (non-hydrogen) atoms. The van der Waals surface area contributed by atoms with Crippen molar-refractivity contribution in [3.63, 3.8) is 0 Å². The molecule has 3 heteroatoms. The molecule has 1 fully saturated rings. The van der Waals surface area contributed by atoms with Gasteiger partial charge in [-0.3, -0.25) is 4.90 Å². The van der Waals surface area contributed by atoms with Crippen molar-refractivity contribution in [2.45, 2.75) is 32.9 Å². The minimum Gasteiger partial charge on any atom is -0.497 e. The number of rotatable bonds is 4. The Balaban J connectivity index is 2.03. The van der Waals surface area contributed by atoms with Crippen LogP contribution in [0.15, 0.2) is 24.3 Å². The van der Waals surface area contributed by atoms with Crippen molar-refractivity contribution in [2.24, 2.45) is 17.6 Å². The first-order chi connectivity index (χ1) is 9.02. The predicted octanol–water partition coefficient (Wildman–Crippen LogP) is 2.67. The summed E-state index contributed by atoms with van der Waals surface area (Å²) in [6.07, 6.45) is 0. The zero-order valence-corrected chi connectivity index (χ0v) is 12.5. The molecule has 0 amide bonds. The molecule has 2 N–H and O–H groups in total. The van der Waals surface area contributed by atoms with Crippen LogP contribution >= 0.6 is 0 Å². The summed E-state index contributed by atoms with van der Waals surface area (Å²) in [5.74, 6) is 2.42. The smallest absolute Gasteiger partial charge is 0.118 e. The van der Waals surface area contributed by atoms with E-state index in [1.54, 1.807) is 7.11 Å². The number of hydrogen-bond donors (Lipinski definition) is 1. The molecular formula is C16H26N2O. The molecule has 106 valence electrons. The summed E-state index contributed by atoms with van der Waals surface area (Å²) in [6, 6.07) is 8.55. The molecule has 1 aromatic rings. The number of likely N-dealkylation sites (tertiary alicyclic amines) is 1. The molecule has 4 unspecified atom stereocenters. The molecule has 0 spiro atoms. The van der Waals surface area contributed by atoms with Crippen molar-refractivity contribution >= 4 is 0 Å². The van der Waals surface area contributed by atoms with E-state index in [2.05, 4.69) is 37.8 Å². The number of methoxy groups -OCH3 is 1. The van der Waals surface area contributed by atoms with Crippen molar-refractivity contribution in [1.29, 1.82) is 0 Å². The van der Waals surface area contributed by atoms with Gasteiger partial charge in [0.05, 0.1) is 7.11 Å². The predicted molar refractivity (Wildman–Crippen MR) is 79.3 cm³/mol. The van der Waals surface area contributed by atoms with Crippen molar-refractivity contribution in [2.75, 3.05) is 20.2 Å². The summed E-state index contributed by atoms with van der Waals surface area (Å²) in [5.41, 5.74) is 7.60. The second-order valence-electron chi connectivity index (χ2n) is 5.95. The van der Waals surface area contributed by atoms with Gasteiger partial charge in [0.2, 0.25) is 0 Å². The van der Waals surface area contributed by atoms with Crippen LogP contribution in [0.4, 0.5) is 0 Å². The Morgan fingerprint density at radius 3 is 2.16 bits per heavy atom. The molecule has 3 nitrogen and oxygen atoms in total. The Kier molecular flexibility index (Phi) is 4.48. The van der Waals surface area contributed by atoms with Gasteiger partial charge in [-0.15, -0.1) is 0 Å². The van der Waals surface area contributed by atoms with Crippen LogP contribution < -0.4 is 10.5 Å². The lowest BCUT2D eigenvalue weighted by atomic mass is 10.0. The molecule has 0 radical (unpaired) electrons. The van der Waals surface area contributed by atoms with Crippen LogP contribution in [0.1, 0.15) is 32.4 Å². The lowest BCUT2D eigenvalue weighted by molar-refractivity contribution is 0.217. The highest BCUT2D eigenvalue weighted by atomic mass is 16.5. The number of nitrogens with two attached hydrogens (primary N) is 1. The van der Waals surface area contributed by atoms with Crippen LogP contribution in [0.25, 0.3) is 0 Å². The van der Waals surface area contributed by atoms with Gasteiger partial charge in [-0.1, -0.05) is 26.0 Å². The van der Waals surface area contributed by atoms with Gasteiger partial charge < -0.3 is 10.5 Å². The van der Waals surface area contributed by atoms with Gasteiger partial charge in [0.15, 0.2) is 0 Å². The van der Waals surface area contributed by atoms with E-state index in [9.17, 15) is 0 Å². The third-order valence-electron chi connectivity index (χ3n) is 4.61. The second kappa shape index (κ2) is 5.93. The maximum atomic E-state index is 6.42. The molecule has 2 rings (SSSR count). The van der Waals surface area contributed by atoms with Crippen molar-refractivity contribution in [1.82, 2.24) is 4.90 Å². The minimum atomic E-state index is 0.0587. The number of hydrogen-bond acceptors (Lipinski definition) is 3. The average Bonchev–Trinajstić information content (AvgIpc) is 2.77. The van der Waals surface area contributed by atoms with Gasteiger partial charge >= 0.3 is 0 Å². The average molecular weight is 262 g/mol. The van der Waals surface area contributed by atoms with E-state index in [4.69, 9.17) is 10.5 Å². The topological polar surface area (TPSA) is 38.5 Å². The summed E-state index contributed by atoms with van der Waals surface area (Å²) >= 11 is 0. The summed E-state index contributed by atoms with van der Waals surface area (Å²) < 4.78 is 5.19. The standard InChI is InChI=1S/C16H26N2O/c1-11-9-18(10-12(11)2)13(3)16(17)14-5-7-15(19-4)8-6-14/h5-8,11-13,16H,9-10,17H2,1-4H3. The summed E-state index contributed by atoms with van der Waals surface area (Å²) in [4.78, 5) is 2.52. The fourth-order valence-corrected chi connectivity index (χ4v) is 2.84. The third-order valence-corrected chi connectivity index (χ3v) is 4.61. The Hall–Kier alpha value is -1.06. The first kappa shape index (κ1) is 14.4. The van der Waals surface area contributed by atoms with Crippen molar-refractivity contribution in [3.05, 3.63) is 29.8 Å². The monoisotopic (exact) mass is 262 g/mol. The van der Waals surface area contributed by atoms with E-state index in [0.717, 1.165) is 30.7 Å². The molecule has 1 aliphatic rings. The highest BCUT2D eigenvalue weighted by Gasteiger charge is 2.31. The maximum absolute atomic E-state index is 6.42. The zero-order valence-electron chi connectivity index (χ0n) is 12.5. The molecule has 1 heterocycles. The van der Waals surface area contributed by atoms with E-state index < -0.39 is 0 Å². The van der Waals surface area contributed by atoms with Crippen LogP contribution in [-0.4, -0.2) is 31.1 Å². The normalized spacial score (nSPS) is 27.2. The molecule has 0 aromatic heterocycles. The van der Waals surface area contributed by atoms with Gasteiger partial charge in [0.1, 0.15) is 5.75 Å². The Bertz CT molecular complexity index is 394. The maximum Gasteiger partial charge on any atom is 0.118 e. The minimum absolute atomic E-state index is 0.0587. The quantitative estimate of drug-likeness (QED) is 0.906. The van der Waals surface area contributed by atoms with E-state index in [-0.39, 0.29) is 6.04 Å². The molecule has 0 saturated carbocycles. The van der Waals surface area contributed by atoms with Crippen LogP contribution in [0, 0.1) is 11.8 Å². The number of benzene rings is 1. The lowest BCUT2D eigenvalue weighted by Crippen LogP contribution is -2.39. The van der Waals surface area contributed by atoms with E-state index in [1.807, 2.05) is 12.1 Å². The van der Waals surface area contributed by atoms with Crippen molar-refractivity contribution in [3.8, 4) is 5.75 Å². The Labute approximate surface area is 116 Å². The van der Waals surface area contributed by atoms with E-state index >= 15 is 0 Å². The van der Waals surface area contributed by atoms with Crippen LogP contribution in [0.3, 0.4) is 0 Å². The Morgan fingerprint density at radius 2 is 1.68 bits per heavy atom. The first-order valence-corrected chi connectivity index (χ1v) is 7.16. The van der Waals surface area contributed by atoms with Gasteiger partial charge in [0, 0.05) is 25.2 Å². The van der Waals surface area contributed by atoms with Gasteiger partial charge in [-0.25, -0.2) is 0 Å². The SMILES string of the molecule is COc1ccc(C(N)C(C)N2CC(C)C(C)C2)cc1. The molecule has 1 aromatic carbocycles. The second-order valence-corrected chi connectivity index (χ2v) is 5.95. The summed E-state index contributed by atoms with van der Waals surface area (Å²) in [7, 11) is 1.69. The zero-order chi connectivity index (χ0) is 14.0. The molecule has 1 aliphatic heterocycles. The van der Waals surface area contributed by atoms with Crippen LogP contribution in [0.5, 0.6) is 5.75 Å². The Morgan fingerprint density at radius 1 is 1.16 bits per heavy atom. The van der Waals surface area contributed by atoms with Crippen LogP contribution in [-0.2, 0) is 0 Å². The molecule has 4 atom stereocenters. The molecule has 0 aliphatic carbocycles. The highest BCUT2D eigenvalue weighted by Crippen LogP contribution is 2.28. The molecular weight excluding hydrogens is 236 g/mol.